The third kappa shape index (κ3) is 2.19. The lowest BCUT2D eigenvalue weighted by molar-refractivity contribution is 0.555. The maximum Gasteiger partial charge on any atom is 0.417 e. The lowest BCUT2D eigenvalue weighted by atomic mass is 10.2. The van der Waals surface area contributed by atoms with Crippen LogP contribution in [-0.4, -0.2) is 12.0 Å². The van der Waals surface area contributed by atoms with E-state index >= 15 is 0 Å². The Morgan fingerprint density at radius 2 is 1.85 bits per heavy atom. The molecule has 3 rings (SSSR count). The number of hydrogen-bond acceptors (Lipinski definition) is 4. The predicted octanol–water partition coefficient (Wildman–Crippen LogP) is 2.35. The summed E-state index contributed by atoms with van der Waals surface area (Å²) in [5.41, 5.74) is 9.92. The molecule has 0 aliphatic heterocycles. The van der Waals surface area contributed by atoms with Gasteiger partial charge in [0, 0.05) is 31.0 Å². The molecule has 0 fully saturated rings. The summed E-state index contributed by atoms with van der Waals surface area (Å²) in [5.74, 6) is -0.438. The van der Waals surface area contributed by atoms with Crippen LogP contribution < -0.4 is 16.4 Å². The summed E-state index contributed by atoms with van der Waals surface area (Å²) >= 11 is 0. The van der Waals surface area contributed by atoms with Crippen molar-refractivity contribution < 1.29 is 4.42 Å². The van der Waals surface area contributed by atoms with Crippen molar-refractivity contribution in [2.45, 2.75) is 6.54 Å². The van der Waals surface area contributed by atoms with Crippen LogP contribution in [0.3, 0.4) is 0 Å². The molecule has 1 heterocycles. The van der Waals surface area contributed by atoms with E-state index in [-0.39, 0.29) is 0 Å². The van der Waals surface area contributed by atoms with Gasteiger partial charge >= 0.3 is 5.76 Å². The molecular formula is C15H15N3O2. The molecule has 0 amide bonds. The van der Waals surface area contributed by atoms with Crippen LogP contribution in [0.2, 0.25) is 0 Å². The van der Waals surface area contributed by atoms with E-state index in [2.05, 4.69) is 4.98 Å². The Morgan fingerprint density at radius 3 is 2.55 bits per heavy atom. The average Bonchev–Trinajstić information content (AvgIpc) is 2.85. The minimum absolute atomic E-state index is 0.438. The number of benzene rings is 2. The molecule has 3 N–H and O–H groups in total. The van der Waals surface area contributed by atoms with Crippen LogP contribution in [0.5, 0.6) is 0 Å². The number of rotatable bonds is 3. The fourth-order valence-electron chi connectivity index (χ4n) is 2.15. The first-order valence-corrected chi connectivity index (χ1v) is 6.33. The fourth-order valence-corrected chi connectivity index (χ4v) is 2.15. The summed E-state index contributed by atoms with van der Waals surface area (Å²) < 4.78 is 5.08. The summed E-state index contributed by atoms with van der Waals surface area (Å²) in [7, 11) is 1.96. The van der Waals surface area contributed by atoms with Gasteiger partial charge in [0.15, 0.2) is 5.58 Å². The Hall–Kier alpha value is -2.53. The van der Waals surface area contributed by atoms with E-state index in [1.165, 1.54) is 0 Å². The number of anilines is 2. The molecule has 102 valence electrons. The third-order valence-electron chi connectivity index (χ3n) is 3.35. The van der Waals surface area contributed by atoms with Gasteiger partial charge in [-0.25, -0.2) is 4.79 Å². The standard InChI is InChI=1S/C15H15N3O2/c1-18(11-4-2-10(9-16)3-5-11)12-6-7-13-14(8-12)20-15(19)17-13/h2-8H,9,16H2,1H3,(H,17,19). The Labute approximate surface area is 115 Å². The Balaban J connectivity index is 1.97. The van der Waals surface area contributed by atoms with Gasteiger partial charge in [0.1, 0.15) is 0 Å². The topological polar surface area (TPSA) is 75.3 Å². The van der Waals surface area contributed by atoms with E-state index in [1.807, 2.05) is 54.4 Å². The van der Waals surface area contributed by atoms with Crippen molar-refractivity contribution in [2.75, 3.05) is 11.9 Å². The van der Waals surface area contributed by atoms with E-state index in [9.17, 15) is 4.79 Å². The molecule has 0 aliphatic carbocycles. The first-order valence-electron chi connectivity index (χ1n) is 6.33. The molecule has 20 heavy (non-hydrogen) atoms. The molecule has 0 unspecified atom stereocenters. The second-order valence-electron chi connectivity index (χ2n) is 4.62. The Morgan fingerprint density at radius 1 is 1.15 bits per heavy atom. The van der Waals surface area contributed by atoms with E-state index in [0.29, 0.717) is 17.6 Å². The van der Waals surface area contributed by atoms with E-state index in [4.69, 9.17) is 10.2 Å². The SMILES string of the molecule is CN(c1ccc(CN)cc1)c1ccc2[nH]c(=O)oc2c1. The summed E-state index contributed by atoms with van der Waals surface area (Å²) in [4.78, 5) is 15.8. The van der Waals surface area contributed by atoms with Crippen molar-refractivity contribution in [3.05, 3.63) is 58.6 Å². The minimum atomic E-state index is -0.438. The summed E-state index contributed by atoms with van der Waals surface area (Å²) in [6, 6.07) is 13.6. The van der Waals surface area contributed by atoms with Gasteiger partial charge in [-0.1, -0.05) is 12.1 Å². The highest BCUT2D eigenvalue weighted by atomic mass is 16.4. The number of nitrogens with two attached hydrogens (primary N) is 1. The first kappa shape index (κ1) is 12.5. The molecule has 0 radical (unpaired) electrons. The van der Waals surface area contributed by atoms with Crippen molar-refractivity contribution in [2.24, 2.45) is 5.73 Å². The molecule has 0 saturated carbocycles. The molecular weight excluding hydrogens is 254 g/mol. The maximum absolute atomic E-state index is 11.2. The monoisotopic (exact) mass is 269 g/mol. The molecule has 5 nitrogen and oxygen atoms in total. The molecule has 0 bridgehead atoms. The van der Waals surface area contributed by atoms with Gasteiger partial charge in [-0.3, -0.25) is 4.98 Å². The summed E-state index contributed by atoms with van der Waals surface area (Å²) in [6.45, 7) is 0.532. The number of oxazole rings is 1. The molecule has 1 aromatic heterocycles. The fraction of sp³-hybridized carbons (Fsp3) is 0.133. The average molecular weight is 269 g/mol. The van der Waals surface area contributed by atoms with Gasteiger partial charge in [0.25, 0.3) is 0 Å². The van der Waals surface area contributed by atoms with Crippen molar-refractivity contribution in [3.8, 4) is 0 Å². The third-order valence-corrected chi connectivity index (χ3v) is 3.35. The number of aromatic nitrogens is 1. The normalized spacial score (nSPS) is 10.9. The van der Waals surface area contributed by atoms with Crippen LogP contribution in [0.4, 0.5) is 11.4 Å². The maximum atomic E-state index is 11.2. The Kier molecular flexibility index (Phi) is 3.04. The van der Waals surface area contributed by atoms with Crippen LogP contribution in [0.15, 0.2) is 51.7 Å². The predicted molar refractivity (Wildman–Crippen MR) is 79.2 cm³/mol. The zero-order valence-electron chi connectivity index (χ0n) is 11.1. The largest absolute Gasteiger partial charge is 0.417 e. The van der Waals surface area contributed by atoms with Crippen LogP contribution >= 0.6 is 0 Å². The molecule has 0 atom stereocenters. The van der Waals surface area contributed by atoms with Crippen LogP contribution in [0.1, 0.15) is 5.56 Å². The Bertz CT molecular complexity index is 787. The first-order chi connectivity index (χ1) is 9.67. The van der Waals surface area contributed by atoms with E-state index in [0.717, 1.165) is 16.9 Å². The van der Waals surface area contributed by atoms with Gasteiger partial charge < -0.3 is 15.1 Å². The smallest absolute Gasteiger partial charge is 0.408 e. The van der Waals surface area contributed by atoms with Crippen molar-refractivity contribution in [3.63, 3.8) is 0 Å². The summed E-state index contributed by atoms with van der Waals surface area (Å²) in [6.07, 6.45) is 0. The highest BCUT2D eigenvalue weighted by Gasteiger charge is 2.07. The zero-order chi connectivity index (χ0) is 14.1. The molecule has 5 heteroatoms. The number of H-pyrrole nitrogens is 1. The van der Waals surface area contributed by atoms with Crippen molar-refractivity contribution in [1.29, 1.82) is 0 Å². The minimum Gasteiger partial charge on any atom is -0.408 e. The van der Waals surface area contributed by atoms with Gasteiger partial charge in [-0.2, -0.15) is 0 Å². The quantitative estimate of drug-likeness (QED) is 0.765. The van der Waals surface area contributed by atoms with Crippen LogP contribution in [0.25, 0.3) is 11.1 Å². The van der Waals surface area contributed by atoms with Crippen LogP contribution in [-0.2, 0) is 6.54 Å². The number of hydrogen-bond donors (Lipinski definition) is 2. The lowest BCUT2D eigenvalue weighted by Crippen LogP contribution is -2.09. The second-order valence-corrected chi connectivity index (χ2v) is 4.62. The molecule has 3 aromatic rings. The molecule has 0 saturated heterocycles. The molecule has 0 aliphatic rings. The van der Waals surface area contributed by atoms with E-state index < -0.39 is 5.76 Å². The number of aromatic amines is 1. The van der Waals surface area contributed by atoms with Gasteiger partial charge in [0.05, 0.1) is 5.52 Å². The molecule has 2 aromatic carbocycles. The van der Waals surface area contributed by atoms with Gasteiger partial charge in [0.2, 0.25) is 0 Å². The van der Waals surface area contributed by atoms with Crippen molar-refractivity contribution in [1.82, 2.24) is 4.98 Å². The second kappa shape index (κ2) is 4.86. The summed E-state index contributed by atoms with van der Waals surface area (Å²) in [5, 5.41) is 0. The number of nitrogens with zero attached hydrogens (tertiary/aromatic N) is 1. The van der Waals surface area contributed by atoms with Gasteiger partial charge in [-0.15, -0.1) is 0 Å². The van der Waals surface area contributed by atoms with E-state index in [1.54, 1.807) is 0 Å². The zero-order valence-corrected chi connectivity index (χ0v) is 11.1. The number of fused-ring (bicyclic) bond motifs is 1. The van der Waals surface area contributed by atoms with Gasteiger partial charge in [-0.05, 0) is 29.8 Å². The highest BCUT2D eigenvalue weighted by molar-refractivity contribution is 5.79. The molecule has 0 spiro atoms. The van der Waals surface area contributed by atoms with Crippen LogP contribution in [0, 0.1) is 0 Å². The van der Waals surface area contributed by atoms with Crippen molar-refractivity contribution >= 4 is 22.5 Å². The highest BCUT2D eigenvalue weighted by Crippen LogP contribution is 2.26. The lowest BCUT2D eigenvalue weighted by Gasteiger charge is -2.19. The number of nitrogens with one attached hydrogen (secondary N) is 1.